The predicted octanol–water partition coefficient (Wildman–Crippen LogP) is 0.805. The van der Waals surface area contributed by atoms with Gasteiger partial charge in [0.15, 0.2) is 5.96 Å². The summed E-state index contributed by atoms with van der Waals surface area (Å²) in [6, 6.07) is 0.485. The second kappa shape index (κ2) is 9.57. The molecule has 106 valence electrons. The lowest BCUT2D eigenvalue weighted by molar-refractivity contribution is 0.000893. The van der Waals surface area contributed by atoms with Crippen molar-refractivity contribution in [2.24, 2.45) is 10.7 Å². The maximum atomic E-state index is 5.73. The van der Waals surface area contributed by atoms with Crippen LogP contribution < -0.4 is 11.1 Å². The SMILES string of the molecule is C=C(C)CN=C(N)NCCN1CCOCC1C.I. The van der Waals surface area contributed by atoms with E-state index >= 15 is 0 Å². The lowest BCUT2D eigenvalue weighted by Gasteiger charge is -2.33. The highest BCUT2D eigenvalue weighted by molar-refractivity contribution is 14.0. The molecule has 5 nitrogen and oxygen atoms in total. The monoisotopic (exact) mass is 368 g/mol. The molecule has 0 bridgehead atoms. The third kappa shape index (κ3) is 7.17. The smallest absolute Gasteiger partial charge is 0.188 e. The lowest BCUT2D eigenvalue weighted by Crippen LogP contribution is -2.47. The van der Waals surface area contributed by atoms with Crippen LogP contribution >= 0.6 is 24.0 Å². The minimum atomic E-state index is 0. The molecule has 6 heteroatoms. The zero-order chi connectivity index (χ0) is 12.7. The molecule has 1 saturated heterocycles. The Bertz CT molecular complexity index is 283. The molecule has 18 heavy (non-hydrogen) atoms. The Balaban J connectivity index is 0.00000289. The van der Waals surface area contributed by atoms with Crippen molar-refractivity contribution in [3.63, 3.8) is 0 Å². The molecule has 0 aromatic rings. The lowest BCUT2D eigenvalue weighted by atomic mass is 10.2. The number of rotatable bonds is 5. The van der Waals surface area contributed by atoms with E-state index in [2.05, 4.69) is 28.7 Å². The van der Waals surface area contributed by atoms with Gasteiger partial charge in [0, 0.05) is 25.7 Å². The fourth-order valence-corrected chi connectivity index (χ4v) is 1.70. The molecule has 1 unspecified atom stereocenters. The zero-order valence-corrected chi connectivity index (χ0v) is 13.6. The van der Waals surface area contributed by atoms with E-state index in [0.717, 1.165) is 38.4 Å². The first-order chi connectivity index (χ1) is 8.09. The molecule has 1 rings (SSSR count). The molecule has 0 spiro atoms. The van der Waals surface area contributed by atoms with Crippen LogP contribution in [-0.4, -0.2) is 56.3 Å². The van der Waals surface area contributed by atoms with Crippen LogP contribution in [0.4, 0.5) is 0 Å². The number of aliphatic imine (C=N–C) groups is 1. The highest BCUT2D eigenvalue weighted by atomic mass is 127. The van der Waals surface area contributed by atoms with Gasteiger partial charge < -0.3 is 15.8 Å². The van der Waals surface area contributed by atoms with Gasteiger partial charge in [-0.3, -0.25) is 4.90 Å². The average Bonchev–Trinajstić information content (AvgIpc) is 2.29. The highest BCUT2D eigenvalue weighted by Gasteiger charge is 2.17. The van der Waals surface area contributed by atoms with Gasteiger partial charge in [-0.15, -0.1) is 24.0 Å². The zero-order valence-electron chi connectivity index (χ0n) is 11.3. The maximum absolute atomic E-state index is 5.73. The van der Waals surface area contributed by atoms with E-state index in [1.807, 2.05) is 6.92 Å². The number of nitrogens with zero attached hydrogens (tertiary/aromatic N) is 2. The molecule has 3 N–H and O–H groups in total. The highest BCUT2D eigenvalue weighted by Crippen LogP contribution is 2.04. The number of guanidine groups is 1. The maximum Gasteiger partial charge on any atom is 0.188 e. The summed E-state index contributed by atoms with van der Waals surface area (Å²) in [6.07, 6.45) is 0. The number of nitrogens with two attached hydrogens (primary N) is 1. The number of nitrogens with one attached hydrogen (secondary N) is 1. The fraction of sp³-hybridized carbons (Fsp3) is 0.750. The first-order valence-electron chi connectivity index (χ1n) is 6.09. The van der Waals surface area contributed by atoms with Gasteiger partial charge in [-0.25, -0.2) is 4.99 Å². The molecule has 1 heterocycles. The molecule has 0 radical (unpaired) electrons. The van der Waals surface area contributed by atoms with Gasteiger partial charge in [0.2, 0.25) is 0 Å². The molecule has 0 amide bonds. The largest absolute Gasteiger partial charge is 0.379 e. The molecule has 0 aliphatic carbocycles. The minimum Gasteiger partial charge on any atom is -0.379 e. The number of hydrogen-bond donors (Lipinski definition) is 2. The summed E-state index contributed by atoms with van der Waals surface area (Å²) in [6.45, 7) is 12.9. The summed E-state index contributed by atoms with van der Waals surface area (Å²) in [5, 5.41) is 3.11. The normalized spacial score (nSPS) is 21.2. The molecule has 0 aromatic heterocycles. The second-order valence-electron chi connectivity index (χ2n) is 4.55. The van der Waals surface area contributed by atoms with Crippen LogP contribution in [0.1, 0.15) is 13.8 Å². The predicted molar refractivity (Wildman–Crippen MR) is 86.6 cm³/mol. The standard InChI is InChI=1S/C12H24N4O.HI/c1-10(2)8-15-12(13)14-4-5-16-6-7-17-9-11(16)3;/h11H,1,4-9H2,2-3H3,(H3,13,14,15);1H. The quantitative estimate of drug-likeness (QED) is 0.326. The van der Waals surface area contributed by atoms with E-state index in [4.69, 9.17) is 10.5 Å². The van der Waals surface area contributed by atoms with Crippen LogP contribution in [0.25, 0.3) is 0 Å². The molecule has 0 saturated carbocycles. The summed E-state index contributed by atoms with van der Waals surface area (Å²) in [7, 11) is 0. The van der Waals surface area contributed by atoms with Gasteiger partial charge in [0.1, 0.15) is 0 Å². The third-order valence-electron chi connectivity index (χ3n) is 2.73. The second-order valence-corrected chi connectivity index (χ2v) is 4.55. The van der Waals surface area contributed by atoms with E-state index in [-0.39, 0.29) is 24.0 Å². The van der Waals surface area contributed by atoms with E-state index in [9.17, 15) is 0 Å². The molecule has 1 atom stereocenters. The van der Waals surface area contributed by atoms with Crippen LogP contribution in [0.3, 0.4) is 0 Å². The van der Waals surface area contributed by atoms with E-state index in [0.29, 0.717) is 18.5 Å². The van der Waals surface area contributed by atoms with Crippen molar-refractivity contribution in [3.8, 4) is 0 Å². The Kier molecular flexibility index (Phi) is 9.39. The van der Waals surface area contributed by atoms with Gasteiger partial charge in [0.05, 0.1) is 19.8 Å². The van der Waals surface area contributed by atoms with Gasteiger partial charge >= 0.3 is 0 Å². The van der Waals surface area contributed by atoms with Crippen LogP contribution in [0, 0.1) is 0 Å². The van der Waals surface area contributed by atoms with Gasteiger partial charge in [0.25, 0.3) is 0 Å². The van der Waals surface area contributed by atoms with Crippen molar-refractivity contribution in [3.05, 3.63) is 12.2 Å². The molecule has 1 aliphatic rings. The Morgan fingerprint density at radius 1 is 1.61 bits per heavy atom. The number of morpholine rings is 1. The Morgan fingerprint density at radius 3 is 2.94 bits per heavy atom. The molecular formula is C12H25IN4O. The van der Waals surface area contributed by atoms with Crippen molar-refractivity contribution in [1.82, 2.24) is 10.2 Å². The summed E-state index contributed by atoms with van der Waals surface area (Å²) in [4.78, 5) is 6.56. The summed E-state index contributed by atoms with van der Waals surface area (Å²) in [5.74, 6) is 0.494. The Labute approximate surface area is 127 Å². The van der Waals surface area contributed by atoms with Crippen LogP contribution in [0.15, 0.2) is 17.1 Å². The minimum absolute atomic E-state index is 0. The van der Waals surface area contributed by atoms with Crippen LogP contribution in [-0.2, 0) is 4.74 Å². The molecule has 0 aromatic carbocycles. The van der Waals surface area contributed by atoms with Crippen LogP contribution in [0.2, 0.25) is 0 Å². The molecule has 1 fully saturated rings. The molecule has 1 aliphatic heterocycles. The van der Waals surface area contributed by atoms with Crippen molar-refractivity contribution < 1.29 is 4.74 Å². The number of hydrogen-bond acceptors (Lipinski definition) is 3. The Morgan fingerprint density at radius 2 is 2.33 bits per heavy atom. The number of halogens is 1. The summed E-state index contributed by atoms with van der Waals surface area (Å²) in [5.41, 5.74) is 6.74. The van der Waals surface area contributed by atoms with Crippen molar-refractivity contribution in [2.45, 2.75) is 19.9 Å². The van der Waals surface area contributed by atoms with Crippen molar-refractivity contribution in [2.75, 3.05) is 39.4 Å². The van der Waals surface area contributed by atoms with Crippen LogP contribution in [0.5, 0.6) is 0 Å². The van der Waals surface area contributed by atoms with Crippen molar-refractivity contribution in [1.29, 1.82) is 0 Å². The summed E-state index contributed by atoms with van der Waals surface area (Å²) >= 11 is 0. The average molecular weight is 368 g/mol. The van der Waals surface area contributed by atoms with Gasteiger partial charge in [-0.2, -0.15) is 0 Å². The third-order valence-corrected chi connectivity index (χ3v) is 2.73. The van der Waals surface area contributed by atoms with Crippen molar-refractivity contribution >= 4 is 29.9 Å². The fourth-order valence-electron chi connectivity index (χ4n) is 1.70. The topological polar surface area (TPSA) is 62.9 Å². The van der Waals surface area contributed by atoms with Gasteiger partial charge in [-0.05, 0) is 13.8 Å². The summed E-state index contributed by atoms with van der Waals surface area (Å²) < 4.78 is 5.38. The van der Waals surface area contributed by atoms with E-state index in [1.165, 1.54) is 0 Å². The van der Waals surface area contributed by atoms with E-state index in [1.54, 1.807) is 0 Å². The number of ether oxygens (including phenoxy) is 1. The van der Waals surface area contributed by atoms with Gasteiger partial charge in [-0.1, -0.05) is 12.2 Å². The first kappa shape index (κ1) is 17.7. The van der Waals surface area contributed by atoms with E-state index < -0.39 is 0 Å². The Hall–Kier alpha value is -0.340. The molecular weight excluding hydrogens is 343 g/mol. The first-order valence-corrected chi connectivity index (χ1v) is 6.09.